The topological polar surface area (TPSA) is 54.2 Å². The summed E-state index contributed by atoms with van der Waals surface area (Å²) in [4.78, 5) is 11.3. The maximum atomic E-state index is 6.12. The van der Waals surface area contributed by atoms with Crippen LogP contribution in [0.4, 0.5) is 5.82 Å². The van der Waals surface area contributed by atoms with E-state index in [1.165, 1.54) is 18.4 Å². The van der Waals surface area contributed by atoms with Gasteiger partial charge in [0.1, 0.15) is 17.6 Å². The van der Waals surface area contributed by atoms with E-state index >= 15 is 0 Å². The van der Waals surface area contributed by atoms with Crippen LogP contribution in [0, 0.1) is 0 Å². The lowest BCUT2D eigenvalue weighted by atomic mass is 9.98. The first-order valence-electron chi connectivity index (χ1n) is 7.54. The number of nitrogens with one attached hydrogen (secondary N) is 1. The number of rotatable bonds is 2. The number of aryl methyl sites for hydroxylation is 2. The molecule has 1 aliphatic heterocycles. The van der Waals surface area contributed by atoms with Gasteiger partial charge in [-0.3, -0.25) is 0 Å². The maximum Gasteiger partial charge on any atom is 0.195 e. The molecule has 0 amide bonds. The minimum atomic E-state index is 0.546. The molecule has 3 heterocycles. The van der Waals surface area contributed by atoms with Crippen molar-refractivity contribution in [1.29, 1.82) is 0 Å². The molecular formula is C15H20N4O. The Balaban J connectivity index is 1.78. The third-order valence-corrected chi connectivity index (χ3v) is 4.61. The lowest BCUT2D eigenvalue weighted by molar-refractivity contribution is 0.505. The summed E-state index contributed by atoms with van der Waals surface area (Å²) in [6.45, 7) is 2.02. The number of hydrogen-bond donors (Lipinski definition) is 1. The van der Waals surface area contributed by atoms with Gasteiger partial charge in [0.15, 0.2) is 11.4 Å². The summed E-state index contributed by atoms with van der Waals surface area (Å²) in [5.41, 5.74) is 3.26. The van der Waals surface area contributed by atoms with Gasteiger partial charge in [0.2, 0.25) is 0 Å². The van der Waals surface area contributed by atoms with Crippen LogP contribution in [0.15, 0.2) is 10.7 Å². The molecule has 1 atom stereocenters. The highest BCUT2D eigenvalue weighted by Gasteiger charge is 2.27. The first-order valence-corrected chi connectivity index (χ1v) is 7.54. The number of aromatic nitrogens is 2. The predicted molar refractivity (Wildman–Crippen MR) is 78.1 cm³/mol. The number of anilines is 1. The zero-order valence-electron chi connectivity index (χ0n) is 11.9. The van der Waals surface area contributed by atoms with E-state index in [2.05, 4.69) is 20.2 Å². The normalized spacial score (nSPS) is 22.4. The molecule has 0 saturated carbocycles. The van der Waals surface area contributed by atoms with Crippen LogP contribution in [0.25, 0.3) is 11.1 Å². The highest BCUT2D eigenvalue weighted by atomic mass is 16.3. The van der Waals surface area contributed by atoms with E-state index in [1.54, 1.807) is 6.33 Å². The van der Waals surface area contributed by atoms with Crippen LogP contribution in [-0.4, -0.2) is 36.1 Å². The monoisotopic (exact) mass is 272 g/mol. The van der Waals surface area contributed by atoms with Crippen molar-refractivity contribution in [2.24, 2.45) is 0 Å². The molecule has 0 spiro atoms. The van der Waals surface area contributed by atoms with Gasteiger partial charge in [-0.25, -0.2) is 9.97 Å². The summed E-state index contributed by atoms with van der Waals surface area (Å²) in [7, 11) is 2.02. The van der Waals surface area contributed by atoms with Crippen molar-refractivity contribution < 1.29 is 4.42 Å². The first kappa shape index (κ1) is 12.1. The van der Waals surface area contributed by atoms with E-state index in [9.17, 15) is 0 Å². The molecule has 106 valence electrons. The van der Waals surface area contributed by atoms with Gasteiger partial charge < -0.3 is 14.6 Å². The van der Waals surface area contributed by atoms with Gasteiger partial charge in [0, 0.05) is 31.1 Å². The minimum Gasteiger partial charge on any atom is -0.455 e. The molecule has 20 heavy (non-hydrogen) atoms. The second-order valence-electron chi connectivity index (χ2n) is 5.81. The van der Waals surface area contributed by atoms with Crippen LogP contribution in [-0.2, 0) is 12.8 Å². The Kier molecular flexibility index (Phi) is 2.88. The third-order valence-electron chi connectivity index (χ3n) is 4.61. The van der Waals surface area contributed by atoms with Gasteiger partial charge in [0.25, 0.3) is 0 Å². The molecule has 2 aromatic heterocycles. The third kappa shape index (κ3) is 1.80. The van der Waals surface area contributed by atoms with Crippen molar-refractivity contribution in [2.45, 2.75) is 38.1 Å². The van der Waals surface area contributed by atoms with Gasteiger partial charge >= 0.3 is 0 Å². The Morgan fingerprint density at radius 1 is 1.30 bits per heavy atom. The molecule has 0 bridgehead atoms. The molecule has 1 unspecified atom stereocenters. The van der Waals surface area contributed by atoms with Crippen LogP contribution in [0.5, 0.6) is 0 Å². The van der Waals surface area contributed by atoms with Gasteiger partial charge in [-0.1, -0.05) is 0 Å². The number of fused-ring (bicyclic) bond motifs is 3. The van der Waals surface area contributed by atoms with Gasteiger partial charge in [0.05, 0.1) is 0 Å². The second-order valence-corrected chi connectivity index (χ2v) is 5.81. The summed E-state index contributed by atoms with van der Waals surface area (Å²) in [5.74, 6) is 2.11. The highest BCUT2D eigenvalue weighted by molar-refractivity contribution is 5.87. The molecule has 2 aromatic rings. The lowest BCUT2D eigenvalue weighted by Crippen LogP contribution is -2.29. The van der Waals surface area contributed by atoms with E-state index < -0.39 is 0 Å². The maximum absolute atomic E-state index is 6.12. The molecule has 5 heteroatoms. The van der Waals surface area contributed by atoms with E-state index in [-0.39, 0.29) is 0 Å². The Morgan fingerprint density at radius 2 is 2.20 bits per heavy atom. The summed E-state index contributed by atoms with van der Waals surface area (Å²) >= 11 is 0. The molecule has 4 rings (SSSR count). The summed E-state index contributed by atoms with van der Waals surface area (Å²) in [6, 6.07) is 0.546. The van der Waals surface area contributed by atoms with E-state index in [1.807, 2.05) is 7.05 Å². The smallest absolute Gasteiger partial charge is 0.195 e. The highest BCUT2D eigenvalue weighted by Crippen LogP contribution is 2.35. The first-order chi connectivity index (χ1) is 9.86. The summed E-state index contributed by atoms with van der Waals surface area (Å²) in [5, 5.41) is 3.34. The molecule has 5 nitrogen and oxygen atoms in total. The largest absolute Gasteiger partial charge is 0.455 e. The lowest BCUT2D eigenvalue weighted by Gasteiger charge is -2.16. The fourth-order valence-electron chi connectivity index (χ4n) is 3.45. The zero-order chi connectivity index (χ0) is 13.5. The van der Waals surface area contributed by atoms with Crippen molar-refractivity contribution in [3.8, 4) is 0 Å². The van der Waals surface area contributed by atoms with Gasteiger partial charge in [-0.2, -0.15) is 0 Å². The fourth-order valence-corrected chi connectivity index (χ4v) is 3.45. The quantitative estimate of drug-likeness (QED) is 0.905. The summed E-state index contributed by atoms with van der Waals surface area (Å²) in [6.07, 6.45) is 7.45. The fraction of sp³-hybridized carbons (Fsp3) is 0.600. The molecule has 1 N–H and O–H groups in total. The molecule has 0 aromatic carbocycles. The van der Waals surface area contributed by atoms with Crippen molar-refractivity contribution in [3.05, 3.63) is 17.7 Å². The van der Waals surface area contributed by atoms with Crippen LogP contribution < -0.4 is 10.2 Å². The molecule has 2 aliphatic rings. The Bertz CT molecular complexity index is 636. The minimum absolute atomic E-state index is 0.546. The van der Waals surface area contributed by atoms with Crippen molar-refractivity contribution in [2.75, 3.05) is 25.0 Å². The predicted octanol–water partition coefficient (Wildman–Crippen LogP) is 1.90. The number of likely N-dealkylation sites (N-methyl/N-ethyl adjacent to an activating group) is 1. The van der Waals surface area contributed by atoms with E-state index in [4.69, 9.17) is 4.42 Å². The number of nitrogens with zero attached hydrogens (tertiary/aromatic N) is 3. The molecule has 1 aliphatic carbocycles. The Hall–Kier alpha value is -1.62. The molecule has 0 radical (unpaired) electrons. The number of hydrogen-bond acceptors (Lipinski definition) is 5. The molecule has 1 saturated heterocycles. The van der Waals surface area contributed by atoms with Gasteiger partial charge in [-0.15, -0.1) is 0 Å². The second kappa shape index (κ2) is 4.74. The zero-order valence-corrected chi connectivity index (χ0v) is 11.9. The summed E-state index contributed by atoms with van der Waals surface area (Å²) < 4.78 is 6.12. The van der Waals surface area contributed by atoms with Crippen molar-refractivity contribution >= 4 is 16.9 Å². The SMILES string of the molecule is CNC1CCN(c2ncnc3c4c(oc23)CCCC4)C1. The molecular weight excluding hydrogens is 252 g/mol. The Labute approximate surface area is 118 Å². The van der Waals surface area contributed by atoms with E-state index in [0.29, 0.717) is 6.04 Å². The number of furan rings is 1. The molecule has 1 fully saturated rings. The van der Waals surface area contributed by atoms with Crippen LogP contribution >= 0.6 is 0 Å². The van der Waals surface area contributed by atoms with Crippen LogP contribution in [0.2, 0.25) is 0 Å². The van der Waals surface area contributed by atoms with Gasteiger partial charge in [-0.05, 0) is 32.7 Å². The average Bonchev–Trinajstić information content (AvgIpc) is 3.11. The van der Waals surface area contributed by atoms with Crippen molar-refractivity contribution in [3.63, 3.8) is 0 Å². The average molecular weight is 272 g/mol. The standard InChI is InChI=1S/C15H20N4O/c1-16-10-6-7-19(8-10)15-14-13(17-9-18-15)11-4-2-3-5-12(11)20-14/h9-10,16H,2-8H2,1H3. The van der Waals surface area contributed by atoms with Crippen LogP contribution in [0.3, 0.4) is 0 Å². The van der Waals surface area contributed by atoms with Crippen LogP contribution in [0.1, 0.15) is 30.6 Å². The Morgan fingerprint density at radius 3 is 3.05 bits per heavy atom. The van der Waals surface area contributed by atoms with E-state index in [0.717, 1.165) is 55.0 Å². The van der Waals surface area contributed by atoms with Crippen molar-refractivity contribution in [1.82, 2.24) is 15.3 Å².